The Labute approximate surface area is 210 Å². The Morgan fingerprint density at radius 3 is 2.76 bits per heavy atom. The second kappa shape index (κ2) is 9.81. The van der Waals surface area contributed by atoms with Crippen molar-refractivity contribution in [3.05, 3.63) is 69.3 Å². The quantitative estimate of drug-likeness (QED) is 0.388. The lowest BCUT2D eigenvalue weighted by Crippen LogP contribution is -2.25. The van der Waals surface area contributed by atoms with Crippen LogP contribution in [0, 0.1) is 23.1 Å². The number of rotatable bonds is 7. The van der Waals surface area contributed by atoms with Gasteiger partial charge >= 0.3 is 5.97 Å². The maximum Gasteiger partial charge on any atom is 0.341 e. The van der Waals surface area contributed by atoms with E-state index in [1.54, 1.807) is 39.9 Å². The molecule has 1 aliphatic carbocycles. The van der Waals surface area contributed by atoms with E-state index in [2.05, 4.69) is 21.2 Å². The SMILES string of the molecule is CO/N=C1\CN(c2nc3c(cc2F)c(=O)c(C(=O)O)cn3C2CC2)CC1CN=Cc1ccc(C#N)cc1. The van der Waals surface area contributed by atoms with E-state index in [4.69, 9.17) is 10.1 Å². The van der Waals surface area contributed by atoms with Crippen molar-refractivity contribution in [3.63, 3.8) is 0 Å². The zero-order valence-electron chi connectivity index (χ0n) is 20.0. The number of oxime groups is 1. The number of benzene rings is 1. The fraction of sp³-hybridized carbons (Fsp3) is 0.308. The van der Waals surface area contributed by atoms with Crippen molar-refractivity contribution in [1.29, 1.82) is 5.26 Å². The monoisotopic (exact) mass is 502 g/mol. The number of nitriles is 1. The average molecular weight is 503 g/mol. The van der Waals surface area contributed by atoms with E-state index in [-0.39, 0.29) is 35.4 Å². The van der Waals surface area contributed by atoms with Gasteiger partial charge in [0, 0.05) is 37.5 Å². The van der Waals surface area contributed by atoms with Crippen LogP contribution in [0.2, 0.25) is 0 Å². The minimum absolute atomic E-state index is 0.0283. The van der Waals surface area contributed by atoms with E-state index in [9.17, 15) is 14.7 Å². The lowest BCUT2D eigenvalue weighted by molar-refractivity contribution is 0.0695. The van der Waals surface area contributed by atoms with Gasteiger partial charge in [-0.25, -0.2) is 14.2 Å². The Balaban J connectivity index is 1.44. The Morgan fingerprint density at radius 2 is 2.11 bits per heavy atom. The number of aliphatic imine (C=N–C) groups is 1. The van der Waals surface area contributed by atoms with E-state index in [0.29, 0.717) is 24.4 Å². The molecule has 5 rings (SSSR count). The second-order valence-electron chi connectivity index (χ2n) is 9.05. The molecule has 11 heteroatoms. The first kappa shape index (κ1) is 24.1. The Kier molecular flexibility index (Phi) is 6.40. The smallest absolute Gasteiger partial charge is 0.341 e. The Bertz CT molecular complexity index is 1540. The minimum Gasteiger partial charge on any atom is -0.477 e. The highest BCUT2D eigenvalue weighted by Crippen LogP contribution is 2.37. The summed E-state index contributed by atoms with van der Waals surface area (Å²) in [5.41, 5.74) is 1.21. The first-order valence-electron chi connectivity index (χ1n) is 11.7. The first-order valence-corrected chi connectivity index (χ1v) is 11.7. The van der Waals surface area contributed by atoms with E-state index in [1.807, 2.05) is 0 Å². The van der Waals surface area contributed by atoms with Crippen molar-refractivity contribution >= 4 is 34.7 Å². The van der Waals surface area contributed by atoms with Crippen LogP contribution in [-0.4, -0.2) is 59.3 Å². The molecule has 0 spiro atoms. The molecular formula is C26H23FN6O4. The highest BCUT2D eigenvalue weighted by atomic mass is 19.1. The number of halogens is 1. The standard InChI is InChI=1S/C26H23FN6O4/c1-37-31-22-14-32(12-17(22)11-29-10-16-4-2-15(9-28)3-5-16)25-21(27)8-19-23(34)20(26(35)36)13-33(18-6-7-18)24(19)30-25/h2-5,8,10,13,17-18H,6-7,11-12,14H2,1H3,(H,35,36)/b29-10?,31-22+. The molecule has 2 aliphatic rings. The third-order valence-corrected chi connectivity index (χ3v) is 6.49. The number of carbonyl (C=O) groups is 1. The minimum atomic E-state index is -1.35. The van der Waals surface area contributed by atoms with Crippen molar-refractivity contribution < 1.29 is 19.1 Å². The molecule has 1 aromatic carbocycles. The van der Waals surface area contributed by atoms with Crippen molar-refractivity contribution in [1.82, 2.24) is 9.55 Å². The molecule has 1 atom stereocenters. The second-order valence-corrected chi connectivity index (χ2v) is 9.05. The average Bonchev–Trinajstić information content (AvgIpc) is 3.66. The number of hydrogen-bond acceptors (Lipinski definition) is 8. The molecule has 3 aromatic rings. The van der Waals surface area contributed by atoms with Gasteiger partial charge < -0.3 is 19.4 Å². The fourth-order valence-electron chi connectivity index (χ4n) is 4.48. The van der Waals surface area contributed by atoms with Crippen LogP contribution >= 0.6 is 0 Å². The maximum absolute atomic E-state index is 15.3. The summed E-state index contributed by atoms with van der Waals surface area (Å²) in [5.74, 6) is -2.17. The summed E-state index contributed by atoms with van der Waals surface area (Å²) >= 11 is 0. The molecule has 1 unspecified atom stereocenters. The topological polar surface area (TPSA) is 133 Å². The van der Waals surface area contributed by atoms with Crippen LogP contribution < -0.4 is 10.3 Å². The van der Waals surface area contributed by atoms with Gasteiger partial charge in [0.05, 0.1) is 29.3 Å². The highest BCUT2D eigenvalue weighted by Gasteiger charge is 2.33. The van der Waals surface area contributed by atoms with Gasteiger partial charge in [0.2, 0.25) is 5.43 Å². The lowest BCUT2D eigenvalue weighted by atomic mass is 10.1. The molecule has 37 heavy (non-hydrogen) atoms. The molecule has 0 bridgehead atoms. The number of aromatic nitrogens is 2. The fourth-order valence-corrected chi connectivity index (χ4v) is 4.48. The summed E-state index contributed by atoms with van der Waals surface area (Å²) in [6, 6.07) is 10.2. The zero-order valence-corrected chi connectivity index (χ0v) is 20.0. The number of fused-ring (bicyclic) bond motifs is 1. The van der Waals surface area contributed by atoms with Crippen molar-refractivity contribution in [2.24, 2.45) is 16.1 Å². The number of aromatic carboxylic acids is 1. The van der Waals surface area contributed by atoms with E-state index < -0.39 is 22.8 Å². The number of anilines is 1. The number of nitrogens with zero attached hydrogens (tertiary/aromatic N) is 6. The van der Waals surface area contributed by atoms with Crippen LogP contribution in [0.25, 0.3) is 11.0 Å². The maximum atomic E-state index is 15.3. The number of carboxylic acids is 1. The predicted octanol–water partition coefficient (Wildman–Crippen LogP) is 3.00. The summed E-state index contributed by atoms with van der Waals surface area (Å²) in [7, 11) is 1.44. The molecule has 10 nitrogen and oxygen atoms in total. The van der Waals surface area contributed by atoms with Gasteiger partial charge in [-0.2, -0.15) is 5.26 Å². The van der Waals surface area contributed by atoms with Gasteiger partial charge in [-0.15, -0.1) is 0 Å². The largest absolute Gasteiger partial charge is 0.477 e. The molecule has 2 fully saturated rings. The van der Waals surface area contributed by atoms with Crippen LogP contribution in [0.4, 0.5) is 10.2 Å². The first-order chi connectivity index (χ1) is 17.9. The number of pyridine rings is 2. The molecule has 1 N–H and O–H groups in total. The molecule has 1 saturated carbocycles. The molecule has 1 saturated heterocycles. The van der Waals surface area contributed by atoms with Crippen LogP contribution in [0.1, 0.15) is 40.4 Å². The van der Waals surface area contributed by atoms with E-state index >= 15 is 4.39 Å². The predicted molar refractivity (Wildman–Crippen MR) is 135 cm³/mol. The number of carboxylic acid groups (broad SMARTS) is 1. The van der Waals surface area contributed by atoms with Crippen molar-refractivity contribution in [3.8, 4) is 6.07 Å². The van der Waals surface area contributed by atoms with Gasteiger partial charge in [-0.05, 0) is 36.6 Å². The summed E-state index contributed by atoms with van der Waals surface area (Å²) in [5, 5.41) is 22.4. The highest BCUT2D eigenvalue weighted by molar-refractivity contribution is 5.95. The van der Waals surface area contributed by atoms with E-state index in [0.717, 1.165) is 24.5 Å². The van der Waals surface area contributed by atoms with Gasteiger partial charge in [0.1, 0.15) is 18.3 Å². The van der Waals surface area contributed by atoms with Crippen LogP contribution in [0.3, 0.4) is 0 Å². The molecular weight excluding hydrogens is 479 g/mol. The van der Waals surface area contributed by atoms with Gasteiger partial charge in [0.15, 0.2) is 11.6 Å². The zero-order chi connectivity index (χ0) is 26.1. The van der Waals surface area contributed by atoms with E-state index in [1.165, 1.54) is 13.3 Å². The third-order valence-electron chi connectivity index (χ3n) is 6.49. The van der Waals surface area contributed by atoms with Gasteiger partial charge in [0.25, 0.3) is 0 Å². The lowest BCUT2D eigenvalue weighted by Gasteiger charge is -2.19. The summed E-state index contributed by atoms with van der Waals surface area (Å²) in [6.07, 6.45) is 4.68. The third kappa shape index (κ3) is 4.78. The Hall–Kier alpha value is -4.59. The molecule has 3 heterocycles. The molecule has 0 radical (unpaired) electrons. The molecule has 2 aromatic heterocycles. The van der Waals surface area contributed by atoms with Crippen LogP contribution in [-0.2, 0) is 4.84 Å². The van der Waals surface area contributed by atoms with Crippen molar-refractivity contribution in [2.75, 3.05) is 31.6 Å². The van der Waals surface area contributed by atoms with Crippen LogP contribution in [0.5, 0.6) is 0 Å². The van der Waals surface area contributed by atoms with Gasteiger partial charge in [-0.1, -0.05) is 17.3 Å². The Morgan fingerprint density at radius 1 is 1.35 bits per heavy atom. The van der Waals surface area contributed by atoms with Gasteiger partial charge in [-0.3, -0.25) is 9.79 Å². The normalized spacial score (nSPS) is 18.6. The molecule has 0 amide bonds. The summed E-state index contributed by atoms with van der Waals surface area (Å²) < 4.78 is 17.0. The summed E-state index contributed by atoms with van der Waals surface area (Å²) in [4.78, 5) is 40.1. The molecule has 188 valence electrons. The number of hydrogen-bond donors (Lipinski definition) is 1. The summed E-state index contributed by atoms with van der Waals surface area (Å²) in [6.45, 7) is 1.02. The molecule has 1 aliphatic heterocycles. The van der Waals surface area contributed by atoms with Crippen molar-refractivity contribution in [2.45, 2.75) is 18.9 Å². The van der Waals surface area contributed by atoms with Crippen LogP contribution in [0.15, 0.2) is 51.5 Å².